The van der Waals surface area contributed by atoms with E-state index in [-0.39, 0.29) is 18.1 Å². The molecule has 1 aliphatic heterocycles. The van der Waals surface area contributed by atoms with Crippen molar-refractivity contribution in [1.82, 2.24) is 20.4 Å². The SMILES string of the molecule is Cc1c(Cl)cccc1C(CNCc1ccccc1)NC(=O)N(C)C1CCN(C)CC1. The van der Waals surface area contributed by atoms with Crippen molar-refractivity contribution < 1.29 is 4.79 Å². The molecule has 3 rings (SSSR count). The van der Waals surface area contributed by atoms with Crippen LogP contribution in [-0.4, -0.2) is 55.6 Å². The van der Waals surface area contributed by atoms with Gasteiger partial charge in [0.25, 0.3) is 0 Å². The molecule has 1 fully saturated rings. The molecule has 2 amide bonds. The monoisotopic (exact) mass is 428 g/mol. The quantitative estimate of drug-likeness (QED) is 0.694. The molecule has 0 radical (unpaired) electrons. The van der Waals surface area contributed by atoms with Gasteiger partial charge in [-0.25, -0.2) is 4.79 Å². The molecule has 1 atom stereocenters. The standard InChI is InChI=1S/C24H33ClN4O/c1-18-21(10-7-11-22(18)25)23(17-26-16-19-8-5-4-6-9-19)27-24(30)29(3)20-12-14-28(2)15-13-20/h4-11,20,23,26H,12-17H2,1-3H3,(H,27,30). The van der Waals surface area contributed by atoms with Gasteiger partial charge in [-0.3, -0.25) is 0 Å². The number of hydrogen-bond donors (Lipinski definition) is 2. The van der Waals surface area contributed by atoms with Gasteiger partial charge < -0.3 is 20.4 Å². The minimum absolute atomic E-state index is 0.0320. The van der Waals surface area contributed by atoms with E-state index in [0.29, 0.717) is 6.54 Å². The molecule has 1 heterocycles. The van der Waals surface area contributed by atoms with Gasteiger partial charge in [-0.2, -0.15) is 0 Å². The molecule has 2 aromatic carbocycles. The van der Waals surface area contributed by atoms with Crippen LogP contribution in [0.2, 0.25) is 5.02 Å². The summed E-state index contributed by atoms with van der Waals surface area (Å²) in [6.07, 6.45) is 2.01. The van der Waals surface area contributed by atoms with E-state index in [1.54, 1.807) is 0 Å². The number of nitrogens with one attached hydrogen (secondary N) is 2. The highest BCUT2D eigenvalue weighted by atomic mass is 35.5. The molecule has 2 aromatic rings. The highest BCUT2D eigenvalue weighted by Gasteiger charge is 2.26. The summed E-state index contributed by atoms with van der Waals surface area (Å²) in [5, 5.41) is 7.46. The van der Waals surface area contributed by atoms with Crippen molar-refractivity contribution in [3.8, 4) is 0 Å². The van der Waals surface area contributed by atoms with Crippen molar-refractivity contribution in [2.45, 2.75) is 38.4 Å². The van der Waals surface area contributed by atoms with E-state index in [1.165, 1.54) is 5.56 Å². The third-order valence-electron chi connectivity index (χ3n) is 6.06. The number of piperidine rings is 1. The van der Waals surface area contributed by atoms with E-state index in [2.05, 4.69) is 34.7 Å². The van der Waals surface area contributed by atoms with Crippen LogP contribution in [-0.2, 0) is 6.54 Å². The lowest BCUT2D eigenvalue weighted by Crippen LogP contribution is -2.49. The molecule has 1 saturated heterocycles. The molecule has 162 valence electrons. The molecule has 2 N–H and O–H groups in total. The van der Waals surface area contributed by atoms with Crippen LogP contribution >= 0.6 is 11.6 Å². The van der Waals surface area contributed by atoms with Crippen LogP contribution in [0.15, 0.2) is 48.5 Å². The summed E-state index contributed by atoms with van der Waals surface area (Å²) in [6.45, 7) is 5.44. The Hall–Kier alpha value is -2.08. The molecule has 0 aliphatic carbocycles. The number of benzene rings is 2. The van der Waals surface area contributed by atoms with Crippen LogP contribution in [0.4, 0.5) is 4.79 Å². The minimum atomic E-state index is -0.159. The first kappa shape index (κ1) is 22.6. The third-order valence-corrected chi connectivity index (χ3v) is 6.47. The molecule has 0 saturated carbocycles. The number of carbonyl (C=O) groups excluding carboxylic acids is 1. The average Bonchev–Trinajstić information content (AvgIpc) is 2.76. The number of rotatable bonds is 7. The fourth-order valence-electron chi connectivity index (χ4n) is 4.00. The molecular formula is C24H33ClN4O. The van der Waals surface area contributed by atoms with Crippen molar-refractivity contribution in [2.75, 3.05) is 33.7 Å². The molecule has 6 heteroatoms. The smallest absolute Gasteiger partial charge is 0.317 e. The normalized spacial score (nSPS) is 16.3. The molecular weight excluding hydrogens is 396 g/mol. The van der Waals surface area contributed by atoms with Gasteiger partial charge in [-0.1, -0.05) is 54.1 Å². The summed E-state index contributed by atoms with van der Waals surface area (Å²) in [7, 11) is 4.04. The fraction of sp³-hybridized carbons (Fsp3) is 0.458. The Labute approximate surface area is 185 Å². The van der Waals surface area contributed by atoms with Gasteiger partial charge in [0, 0.05) is 31.2 Å². The zero-order valence-corrected chi connectivity index (χ0v) is 19.0. The first-order valence-electron chi connectivity index (χ1n) is 10.7. The lowest BCUT2D eigenvalue weighted by atomic mass is 10.0. The van der Waals surface area contributed by atoms with Gasteiger partial charge in [0.15, 0.2) is 0 Å². The van der Waals surface area contributed by atoms with E-state index in [1.807, 2.05) is 55.3 Å². The first-order valence-corrected chi connectivity index (χ1v) is 11.0. The van der Waals surface area contributed by atoms with Crippen LogP contribution in [0.3, 0.4) is 0 Å². The largest absolute Gasteiger partial charge is 0.330 e. The molecule has 1 unspecified atom stereocenters. The molecule has 0 aromatic heterocycles. The van der Waals surface area contributed by atoms with Gasteiger partial charge in [-0.15, -0.1) is 0 Å². The van der Waals surface area contributed by atoms with E-state index in [9.17, 15) is 4.79 Å². The maximum atomic E-state index is 13.1. The molecule has 0 spiro atoms. The second-order valence-corrected chi connectivity index (χ2v) is 8.63. The summed E-state index contributed by atoms with van der Waals surface area (Å²) in [5.41, 5.74) is 3.27. The van der Waals surface area contributed by atoms with Crippen molar-refractivity contribution in [2.24, 2.45) is 0 Å². The number of likely N-dealkylation sites (tertiary alicyclic amines) is 1. The zero-order chi connectivity index (χ0) is 21.5. The first-order chi connectivity index (χ1) is 14.5. The lowest BCUT2D eigenvalue weighted by Gasteiger charge is -2.36. The number of urea groups is 1. The Bertz CT molecular complexity index is 821. The van der Waals surface area contributed by atoms with Crippen LogP contribution in [0.5, 0.6) is 0 Å². The average molecular weight is 429 g/mol. The number of carbonyl (C=O) groups is 1. The van der Waals surface area contributed by atoms with Crippen LogP contribution in [0.1, 0.15) is 35.6 Å². The van der Waals surface area contributed by atoms with Crippen molar-refractivity contribution in [1.29, 1.82) is 0 Å². The highest BCUT2D eigenvalue weighted by Crippen LogP contribution is 2.25. The van der Waals surface area contributed by atoms with E-state index in [4.69, 9.17) is 11.6 Å². The summed E-state index contributed by atoms with van der Waals surface area (Å²) >= 11 is 6.37. The predicted octanol–water partition coefficient (Wildman–Crippen LogP) is 4.21. The van der Waals surface area contributed by atoms with Gasteiger partial charge in [0.05, 0.1) is 6.04 Å². The van der Waals surface area contributed by atoms with Crippen LogP contribution < -0.4 is 10.6 Å². The fourth-order valence-corrected chi connectivity index (χ4v) is 4.18. The summed E-state index contributed by atoms with van der Waals surface area (Å²) in [5.74, 6) is 0. The predicted molar refractivity (Wildman–Crippen MR) is 124 cm³/mol. The Morgan fingerprint density at radius 1 is 1.17 bits per heavy atom. The van der Waals surface area contributed by atoms with Gasteiger partial charge in [-0.05, 0) is 62.7 Å². The Balaban J connectivity index is 1.68. The van der Waals surface area contributed by atoms with Gasteiger partial charge >= 0.3 is 6.03 Å². The minimum Gasteiger partial charge on any atom is -0.330 e. The van der Waals surface area contributed by atoms with E-state index >= 15 is 0 Å². The van der Waals surface area contributed by atoms with Crippen molar-refractivity contribution >= 4 is 17.6 Å². The molecule has 5 nitrogen and oxygen atoms in total. The third kappa shape index (κ3) is 5.97. The van der Waals surface area contributed by atoms with E-state index in [0.717, 1.165) is 48.6 Å². The summed E-state index contributed by atoms with van der Waals surface area (Å²) in [6, 6.07) is 16.2. The highest BCUT2D eigenvalue weighted by molar-refractivity contribution is 6.31. The van der Waals surface area contributed by atoms with Crippen molar-refractivity contribution in [3.05, 3.63) is 70.2 Å². The number of amides is 2. The van der Waals surface area contributed by atoms with Crippen molar-refractivity contribution in [3.63, 3.8) is 0 Å². The Kier molecular flexibility index (Phi) is 8.14. The Morgan fingerprint density at radius 2 is 1.87 bits per heavy atom. The molecule has 30 heavy (non-hydrogen) atoms. The Morgan fingerprint density at radius 3 is 2.57 bits per heavy atom. The zero-order valence-electron chi connectivity index (χ0n) is 18.2. The van der Waals surface area contributed by atoms with Gasteiger partial charge in [0.1, 0.15) is 0 Å². The summed E-state index contributed by atoms with van der Waals surface area (Å²) < 4.78 is 0. The summed E-state index contributed by atoms with van der Waals surface area (Å²) in [4.78, 5) is 17.3. The maximum Gasteiger partial charge on any atom is 0.317 e. The number of hydrogen-bond acceptors (Lipinski definition) is 3. The topological polar surface area (TPSA) is 47.6 Å². The molecule has 0 bridgehead atoms. The number of nitrogens with zero attached hydrogens (tertiary/aromatic N) is 2. The lowest BCUT2D eigenvalue weighted by molar-refractivity contribution is 0.145. The van der Waals surface area contributed by atoms with Gasteiger partial charge in [0.2, 0.25) is 0 Å². The second kappa shape index (κ2) is 10.8. The second-order valence-electron chi connectivity index (χ2n) is 8.22. The number of halogens is 1. The maximum absolute atomic E-state index is 13.1. The van der Waals surface area contributed by atoms with Crippen LogP contribution in [0, 0.1) is 6.92 Å². The molecule has 1 aliphatic rings. The van der Waals surface area contributed by atoms with E-state index < -0.39 is 0 Å². The van der Waals surface area contributed by atoms with Crippen LogP contribution in [0.25, 0.3) is 0 Å².